The van der Waals surface area contributed by atoms with Crippen LogP contribution in [0.25, 0.3) is 0 Å². The fourth-order valence-corrected chi connectivity index (χ4v) is 3.00. The van der Waals surface area contributed by atoms with Gasteiger partial charge in [-0.05, 0) is 19.3 Å². The fourth-order valence-electron chi connectivity index (χ4n) is 3.00. The summed E-state index contributed by atoms with van der Waals surface area (Å²) in [5.74, 6) is 7.44. The Morgan fingerprint density at radius 1 is 1.32 bits per heavy atom. The van der Waals surface area contributed by atoms with Gasteiger partial charge in [0.15, 0.2) is 0 Å². The first-order chi connectivity index (χ1) is 8.97. The Hall–Kier alpha value is -1.20. The smallest absolute Gasteiger partial charge is 0.143 e. The maximum absolute atomic E-state index is 5.91. The average Bonchev–Trinajstić information content (AvgIpc) is 2.99. The van der Waals surface area contributed by atoms with Gasteiger partial charge in [-0.1, -0.05) is 20.8 Å². The van der Waals surface area contributed by atoms with Crippen molar-refractivity contribution in [1.29, 1.82) is 0 Å². The van der Waals surface area contributed by atoms with Crippen molar-refractivity contribution in [3.63, 3.8) is 0 Å². The Balaban J connectivity index is 1.97. The molecule has 0 spiro atoms. The van der Waals surface area contributed by atoms with E-state index in [4.69, 9.17) is 15.6 Å². The molecule has 3 unspecified atom stereocenters. The van der Waals surface area contributed by atoms with Crippen LogP contribution in [0.15, 0.2) is 6.07 Å². The van der Waals surface area contributed by atoms with Crippen molar-refractivity contribution in [2.45, 2.75) is 63.6 Å². The quantitative estimate of drug-likeness (QED) is 0.630. The third-order valence-electron chi connectivity index (χ3n) is 4.10. The van der Waals surface area contributed by atoms with Gasteiger partial charge in [-0.15, -0.1) is 0 Å². The van der Waals surface area contributed by atoms with E-state index in [0.29, 0.717) is 23.9 Å². The predicted molar refractivity (Wildman–Crippen MR) is 73.8 cm³/mol. The molecule has 104 valence electrons. The topological polar surface area (TPSA) is 73.1 Å². The number of anilines is 1. The number of hydrogen-bond acceptors (Lipinski definition) is 5. The number of nitrogens with two attached hydrogens (primary N) is 1. The molecule has 2 aliphatic rings. The van der Waals surface area contributed by atoms with Crippen LogP contribution in [0.5, 0.6) is 0 Å². The summed E-state index contributed by atoms with van der Waals surface area (Å²) in [4.78, 5) is 9.31. The summed E-state index contributed by atoms with van der Waals surface area (Å²) < 4.78 is 5.91. The zero-order valence-corrected chi connectivity index (χ0v) is 11.8. The van der Waals surface area contributed by atoms with Crippen molar-refractivity contribution in [3.8, 4) is 0 Å². The highest BCUT2D eigenvalue weighted by molar-refractivity contribution is 5.37. The minimum Gasteiger partial charge on any atom is -0.374 e. The van der Waals surface area contributed by atoms with Crippen LogP contribution in [-0.2, 0) is 10.2 Å². The molecule has 3 heterocycles. The van der Waals surface area contributed by atoms with Crippen molar-refractivity contribution < 1.29 is 4.74 Å². The molecule has 0 saturated carbocycles. The number of nitrogens with one attached hydrogen (secondary N) is 1. The zero-order chi connectivity index (χ0) is 13.6. The highest BCUT2D eigenvalue weighted by Gasteiger charge is 2.43. The van der Waals surface area contributed by atoms with E-state index < -0.39 is 0 Å². The van der Waals surface area contributed by atoms with Crippen LogP contribution in [0.4, 0.5) is 5.82 Å². The Bertz CT molecular complexity index is 483. The molecule has 2 bridgehead atoms. The van der Waals surface area contributed by atoms with E-state index in [1.807, 2.05) is 6.07 Å². The molecular weight excluding hydrogens is 240 g/mol. The third kappa shape index (κ3) is 2.32. The summed E-state index contributed by atoms with van der Waals surface area (Å²) in [6.45, 7) is 6.45. The number of fused-ring (bicyclic) bond motifs is 2. The molecule has 0 aromatic carbocycles. The van der Waals surface area contributed by atoms with Gasteiger partial charge in [0.2, 0.25) is 0 Å². The maximum atomic E-state index is 5.91. The number of nitrogen functional groups attached to an aromatic ring is 1. The SMILES string of the molecule is CC(C)(C)c1cc(NN)nc(C2CC3CCC2O3)n1. The number of rotatable bonds is 2. The monoisotopic (exact) mass is 262 g/mol. The van der Waals surface area contributed by atoms with E-state index in [9.17, 15) is 0 Å². The molecule has 1 aromatic rings. The summed E-state index contributed by atoms with van der Waals surface area (Å²) in [7, 11) is 0. The summed E-state index contributed by atoms with van der Waals surface area (Å²) >= 11 is 0. The minimum atomic E-state index is -0.0121. The predicted octanol–water partition coefficient (Wildman–Crippen LogP) is 2.09. The Morgan fingerprint density at radius 2 is 2.11 bits per heavy atom. The van der Waals surface area contributed by atoms with Crippen molar-refractivity contribution in [1.82, 2.24) is 9.97 Å². The van der Waals surface area contributed by atoms with Gasteiger partial charge in [-0.3, -0.25) is 0 Å². The van der Waals surface area contributed by atoms with Crippen LogP contribution in [0, 0.1) is 0 Å². The van der Waals surface area contributed by atoms with Crippen LogP contribution in [0.1, 0.15) is 57.5 Å². The lowest BCUT2D eigenvalue weighted by Crippen LogP contribution is -2.23. The molecule has 0 amide bonds. The number of hydrogen-bond donors (Lipinski definition) is 2. The van der Waals surface area contributed by atoms with E-state index in [1.165, 1.54) is 6.42 Å². The van der Waals surface area contributed by atoms with Crippen LogP contribution in [0.3, 0.4) is 0 Å². The lowest BCUT2D eigenvalue weighted by molar-refractivity contribution is 0.0998. The molecule has 2 fully saturated rings. The van der Waals surface area contributed by atoms with Crippen molar-refractivity contribution in [3.05, 3.63) is 17.6 Å². The third-order valence-corrected chi connectivity index (χ3v) is 4.10. The van der Waals surface area contributed by atoms with E-state index in [2.05, 4.69) is 31.2 Å². The number of aromatic nitrogens is 2. The summed E-state index contributed by atoms with van der Waals surface area (Å²) in [5, 5.41) is 0. The maximum Gasteiger partial charge on any atom is 0.143 e. The van der Waals surface area contributed by atoms with Crippen molar-refractivity contribution >= 4 is 5.82 Å². The number of ether oxygens (including phenoxy) is 1. The largest absolute Gasteiger partial charge is 0.374 e. The van der Waals surface area contributed by atoms with Crippen molar-refractivity contribution in [2.75, 3.05) is 5.43 Å². The molecule has 0 aliphatic carbocycles. The van der Waals surface area contributed by atoms with Crippen LogP contribution < -0.4 is 11.3 Å². The highest BCUT2D eigenvalue weighted by Crippen LogP contribution is 2.43. The molecule has 0 radical (unpaired) electrons. The second-order valence-corrected chi connectivity index (χ2v) is 6.61. The lowest BCUT2D eigenvalue weighted by atomic mass is 9.87. The molecule has 1 aromatic heterocycles. The second kappa shape index (κ2) is 4.42. The van der Waals surface area contributed by atoms with Gasteiger partial charge in [-0.2, -0.15) is 0 Å². The first-order valence-electron chi connectivity index (χ1n) is 6.99. The van der Waals surface area contributed by atoms with Gasteiger partial charge >= 0.3 is 0 Å². The van der Waals surface area contributed by atoms with Crippen LogP contribution >= 0.6 is 0 Å². The molecular formula is C14H22N4O. The molecule has 5 nitrogen and oxygen atoms in total. The summed E-state index contributed by atoms with van der Waals surface area (Å²) in [6.07, 6.45) is 4.06. The Labute approximate surface area is 113 Å². The molecule has 3 N–H and O–H groups in total. The molecule has 2 saturated heterocycles. The first kappa shape index (κ1) is 12.8. The Morgan fingerprint density at radius 3 is 2.63 bits per heavy atom. The van der Waals surface area contributed by atoms with Gasteiger partial charge in [0, 0.05) is 17.4 Å². The van der Waals surface area contributed by atoms with Crippen LogP contribution in [-0.4, -0.2) is 22.2 Å². The van der Waals surface area contributed by atoms with Gasteiger partial charge in [0.1, 0.15) is 11.6 Å². The first-order valence-corrected chi connectivity index (χ1v) is 6.99. The molecule has 2 aliphatic heterocycles. The minimum absolute atomic E-state index is 0.0121. The lowest BCUT2D eigenvalue weighted by Gasteiger charge is -2.23. The van der Waals surface area contributed by atoms with E-state index in [0.717, 1.165) is 24.4 Å². The molecule has 3 rings (SSSR count). The second-order valence-electron chi connectivity index (χ2n) is 6.61. The van der Waals surface area contributed by atoms with E-state index >= 15 is 0 Å². The Kier molecular flexibility index (Phi) is 2.98. The van der Waals surface area contributed by atoms with Gasteiger partial charge in [0.05, 0.1) is 17.9 Å². The zero-order valence-electron chi connectivity index (χ0n) is 11.8. The number of hydrazine groups is 1. The van der Waals surface area contributed by atoms with E-state index in [1.54, 1.807) is 0 Å². The van der Waals surface area contributed by atoms with Gasteiger partial charge in [-0.25, -0.2) is 15.8 Å². The highest BCUT2D eigenvalue weighted by atomic mass is 16.5. The number of nitrogens with zero attached hydrogens (tertiary/aromatic N) is 2. The van der Waals surface area contributed by atoms with Gasteiger partial charge in [0.25, 0.3) is 0 Å². The average molecular weight is 262 g/mol. The molecule has 3 atom stereocenters. The normalized spacial score (nSPS) is 29.8. The van der Waals surface area contributed by atoms with E-state index in [-0.39, 0.29) is 5.41 Å². The summed E-state index contributed by atoms with van der Waals surface area (Å²) in [6, 6.07) is 1.93. The standard InChI is InChI=1S/C14H22N4O/c1-14(2,3)11-7-12(18-15)17-13(16-11)9-6-8-4-5-10(9)19-8/h7-10H,4-6,15H2,1-3H3,(H,16,17,18). The molecule has 5 heteroatoms. The molecule has 19 heavy (non-hydrogen) atoms. The fraction of sp³-hybridized carbons (Fsp3) is 0.714. The van der Waals surface area contributed by atoms with Crippen LogP contribution in [0.2, 0.25) is 0 Å². The van der Waals surface area contributed by atoms with Crippen molar-refractivity contribution in [2.24, 2.45) is 5.84 Å². The van der Waals surface area contributed by atoms with Gasteiger partial charge < -0.3 is 10.2 Å². The summed E-state index contributed by atoms with van der Waals surface area (Å²) in [5.41, 5.74) is 3.66.